The van der Waals surface area contributed by atoms with Gasteiger partial charge in [0.05, 0.1) is 45.9 Å². The molecule has 4 heterocycles. The van der Waals surface area contributed by atoms with Crippen molar-refractivity contribution in [1.29, 1.82) is 0 Å². The Morgan fingerprint density at radius 1 is 1.23 bits per heavy atom. The van der Waals surface area contributed by atoms with E-state index in [-0.39, 0.29) is 47.6 Å². The van der Waals surface area contributed by atoms with Crippen molar-refractivity contribution in [3.8, 4) is 11.4 Å². The van der Waals surface area contributed by atoms with E-state index in [9.17, 15) is 24.5 Å². The summed E-state index contributed by atoms with van der Waals surface area (Å²) in [6, 6.07) is 13.7. The number of fused-ring (bicyclic) bond motifs is 5. The molecule has 0 fully saturated rings. The number of non-ortho nitro benzene ring substituents is 1. The fourth-order valence-corrected chi connectivity index (χ4v) is 5.22. The average Bonchev–Trinajstić information content (AvgIpc) is 3.30. The van der Waals surface area contributed by atoms with Gasteiger partial charge in [-0.15, -0.1) is 0 Å². The molecule has 192 valence electrons. The number of esters is 2. The quantitative estimate of drug-likeness (QED) is 0.147. The van der Waals surface area contributed by atoms with Crippen LogP contribution in [0.25, 0.3) is 27.1 Å². The van der Waals surface area contributed by atoms with Gasteiger partial charge in [-0.2, -0.15) is 0 Å². The molecule has 6 rings (SSSR count). The van der Waals surface area contributed by atoms with E-state index < -0.39 is 28.0 Å². The van der Waals surface area contributed by atoms with E-state index in [2.05, 4.69) is 9.83 Å². The number of nitro benzene ring substituents is 1. The summed E-state index contributed by atoms with van der Waals surface area (Å²) in [5.74, 6) is -1.65. The highest BCUT2D eigenvalue weighted by atomic mass is 16.6. The summed E-state index contributed by atoms with van der Waals surface area (Å²) in [7, 11) is 0. The van der Waals surface area contributed by atoms with Gasteiger partial charge >= 0.3 is 11.9 Å². The fraction of sp³-hybridized carbons (Fsp3) is 0.179. The summed E-state index contributed by atoms with van der Waals surface area (Å²) < 4.78 is 12.6. The third kappa shape index (κ3) is 3.49. The lowest BCUT2D eigenvalue weighted by molar-refractivity contribution is -0.383. The van der Waals surface area contributed by atoms with Crippen LogP contribution >= 0.6 is 0 Å². The molecule has 2 aromatic carbocycles. The van der Waals surface area contributed by atoms with Crippen LogP contribution in [0.4, 0.5) is 11.4 Å². The van der Waals surface area contributed by atoms with Gasteiger partial charge in [-0.25, -0.2) is 19.4 Å². The number of rotatable bonds is 4. The third-order valence-corrected chi connectivity index (χ3v) is 7.17. The van der Waals surface area contributed by atoms with Crippen molar-refractivity contribution < 1.29 is 24.0 Å². The number of nitro groups is 1. The highest BCUT2D eigenvalue weighted by molar-refractivity contribution is 5.95. The molecule has 4 aromatic rings. The molecule has 11 heteroatoms. The minimum Gasteiger partial charge on any atom is -0.457 e. The number of cyclic esters (lactones) is 1. The van der Waals surface area contributed by atoms with Crippen LogP contribution in [0.2, 0.25) is 0 Å². The van der Waals surface area contributed by atoms with E-state index in [4.69, 9.17) is 16.0 Å². The molecule has 0 saturated heterocycles. The van der Waals surface area contributed by atoms with Crippen LogP contribution in [0, 0.1) is 16.7 Å². The van der Waals surface area contributed by atoms with Crippen molar-refractivity contribution in [1.82, 2.24) is 9.55 Å². The van der Waals surface area contributed by atoms with Gasteiger partial charge in [0, 0.05) is 22.8 Å². The Hall–Kier alpha value is -5.37. The Balaban J connectivity index is 1.52. The predicted molar refractivity (Wildman–Crippen MR) is 137 cm³/mol. The third-order valence-electron chi connectivity index (χ3n) is 7.17. The largest absolute Gasteiger partial charge is 0.457 e. The number of ether oxygens (including phenoxy) is 2. The van der Waals surface area contributed by atoms with Gasteiger partial charge in [0.2, 0.25) is 5.60 Å². The van der Waals surface area contributed by atoms with Gasteiger partial charge in [-0.3, -0.25) is 14.9 Å². The lowest BCUT2D eigenvalue weighted by atomic mass is 9.85. The average molecular weight is 522 g/mol. The van der Waals surface area contributed by atoms with Gasteiger partial charge < -0.3 is 14.0 Å². The Morgan fingerprint density at radius 3 is 2.77 bits per heavy atom. The SMILES string of the molecule is [C-]#[N+]c1cccc(C(=O)O[C@]2(CC)C(=O)OCc3c2cc2n(c3=O)Cc3cc4c([N+](=O)[O-])cccc4nc3-2)c1. The number of carbonyl (C=O) groups is 2. The zero-order valence-electron chi connectivity index (χ0n) is 20.5. The summed E-state index contributed by atoms with van der Waals surface area (Å²) in [5.41, 5.74) is 0.107. The Bertz CT molecular complexity index is 1870. The molecule has 0 radical (unpaired) electrons. The topological polar surface area (TPSA) is 135 Å². The Kier molecular flexibility index (Phi) is 5.29. The van der Waals surface area contributed by atoms with Gasteiger partial charge in [-0.1, -0.05) is 31.2 Å². The summed E-state index contributed by atoms with van der Waals surface area (Å²) >= 11 is 0. The van der Waals surface area contributed by atoms with Crippen molar-refractivity contribution >= 4 is 34.2 Å². The van der Waals surface area contributed by atoms with E-state index >= 15 is 0 Å². The van der Waals surface area contributed by atoms with E-state index in [0.29, 0.717) is 27.9 Å². The molecule has 0 unspecified atom stereocenters. The number of benzene rings is 2. The second kappa shape index (κ2) is 8.59. The predicted octanol–water partition coefficient (Wildman–Crippen LogP) is 4.40. The normalized spacial score (nSPS) is 17.0. The van der Waals surface area contributed by atoms with E-state index in [0.717, 1.165) is 0 Å². The van der Waals surface area contributed by atoms with Crippen LogP contribution in [0.1, 0.15) is 40.4 Å². The molecule has 0 bridgehead atoms. The molecule has 2 aromatic heterocycles. The van der Waals surface area contributed by atoms with Crippen LogP contribution in [0.15, 0.2) is 59.4 Å². The number of pyridine rings is 2. The maximum atomic E-state index is 13.7. The lowest BCUT2D eigenvalue weighted by Gasteiger charge is -2.35. The number of aromatic nitrogens is 2. The van der Waals surface area contributed by atoms with Gasteiger partial charge in [-0.05, 0) is 30.7 Å². The van der Waals surface area contributed by atoms with Crippen molar-refractivity contribution in [3.63, 3.8) is 0 Å². The first-order chi connectivity index (χ1) is 18.8. The standard InChI is InChI=1S/C28H18N4O7/c1-3-28(39-26(34)15-6-4-7-17(10-15)29-2)20-12-23-24-16(13-31(23)25(33)19(20)14-38-27(28)35)11-18-21(30-24)8-5-9-22(18)32(36)37/h4-12H,3,13-14H2,1H3/t28-/m0/s1. The first-order valence-corrected chi connectivity index (χ1v) is 12.0. The highest BCUT2D eigenvalue weighted by Crippen LogP contribution is 2.42. The maximum Gasteiger partial charge on any atom is 0.355 e. The molecule has 1 atom stereocenters. The molecular formula is C28H18N4O7. The maximum absolute atomic E-state index is 13.7. The molecule has 11 nitrogen and oxygen atoms in total. The molecule has 0 amide bonds. The molecule has 39 heavy (non-hydrogen) atoms. The van der Waals surface area contributed by atoms with Crippen LogP contribution < -0.4 is 5.56 Å². The lowest BCUT2D eigenvalue weighted by Crippen LogP contribution is -2.47. The molecule has 0 aliphatic carbocycles. The monoisotopic (exact) mass is 522 g/mol. The summed E-state index contributed by atoms with van der Waals surface area (Å²) in [5, 5.41) is 11.9. The zero-order valence-corrected chi connectivity index (χ0v) is 20.5. The van der Waals surface area contributed by atoms with Crippen LogP contribution in [0.5, 0.6) is 0 Å². The second-order valence-corrected chi connectivity index (χ2v) is 9.22. The number of hydrogen-bond acceptors (Lipinski definition) is 8. The summed E-state index contributed by atoms with van der Waals surface area (Å²) in [6.07, 6.45) is -0.0137. The van der Waals surface area contributed by atoms with Crippen LogP contribution in [-0.4, -0.2) is 26.4 Å². The highest BCUT2D eigenvalue weighted by Gasteiger charge is 2.50. The molecule has 2 aliphatic heterocycles. The number of nitrogens with zero attached hydrogens (tertiary/aromatic N) is 4. The van der Waals surface area contributed by atoms with Crippen molar-refractivity contribution in [2.45, 2.75) is 32.1 Å². The van der Waals surface area contributed by atoms with Gasteiger partial charge in [0.1, 0.15) is 6.61 Å². The smallest absolute Gasteiger partial charge is 0.355 e. The van der Waals surface area contributed by atoms with Crippen molar-refractivity contribution in [3.05, 3.63) is 109 Å². The first kappa shape index (κ1) is 24.0. The van der Waals surface area contributed by atoms with E-state index in [1.165, 1.54) is 41.0 Å². The van der Waals surface area contributed by atoms with Crippen molar-refractivity contribution in [2.24, 2.45) is 0 Å². The minimum atomic E-state index is -1.90. The zero-order chi connectivity index (χ0) is 27.5. The molecule has 2 aliphatic rings. The second-order valence-electron chi connectivity index (χ2n) is 9.22. The van der Waals surface area contributed by atoms with E-state index in [1.54, 1.807) is 25.1 Å². The molecular weight excluding hydrogens is 504 g/mol. The van der Waals surface area contributed by atoms with Gasteiger partial charge in [0.15, 0.2) is 5.69 Å². The summed E-state index contributed by atoms with van der Waals surface area (Å²) in [4.78, 5) is 59.0. The van der Waals surface area contributed by atoms with E-state index in [1.807, 2.05) is 0 Å². The minimum absolute atomic E-state index is 0.0137. The first-order valence-electron chi connectivity index (χ1n) is 12.0. The molecule has 0 spiro atoms. The van der Waals surface area contributed by atoms with Crippen molar-refractivity contribution in [2.75, 3.05) is 0 Å². The van der Waals surface area contributed by atoms with Crippen LogP contribution in [-0.2, 0) is 33.0 Å². The Morgan fingerprint density at radius 2 is 2.03 bits per heavy atom. The van der Waals surface area contributed by atoms with Gasteiger partial charge in [0.25, 0.3) is 11.2 Å². The van der Waals surface area contributed by atoms with Crippen LogP contribution in [0.3, 0.4) is 0 Å². The summed E-state index contributed by atoms with van der Waals surface area (Å²) in [6.45, 7) is 8.67. The molecule has 0 saturated carbocycles. The number of carbonyl (C=O) groups excluding carboxylic acids is 2. The fourth-order valence-electron chi connectivity index (χ4n) is 5.22. The molecule has 0 N–H and O–H groups in total. The Labute approximate surface area is 220 Å². The number of hydrogen-bond donors (Lipinski definition) is 0.